The molecule has 11 nitrogen and oxygen atoms in total. The van der Waals surface area contributed by atoms with Crippen molar-refractivity contribution in [3.63, 3.8) is 0 Å². The molecule has 1 aliphatic heterocycles. The van der Waals surface area contributed by atoms with Crippen molar-refractivity contribution in [3.8, 4) is 5.75 Å². The molecular formula is C39H43NO10. The van der Waals surface area contributed by atoms with Crippen molar-refractivity contribution in [1.82, 2.24) is 4.57 Å². The fraction of sp³-hybridized carbons (Fsp3) is 0.385. The minimum atomic E-state index is -1.28. The summed E-state index contributed by atoms with van der Waals surface area (Å²) in [6.07, 6.45) is -3.18. The Labute approximate surface area is 291 Å². The molecule has 0 radical (unpaired) electrons. The van der Waals surface area contributed by atoms with Crippen LogP contribution in [-0.2, 0) is 49.5 Å². The van der Waals surface area contributed by atoms with Crippen LogP contribution in [0.1, 0.15) is 75.4 Å². The van der Waals surface area contributed by atoms with Gasteiger partial charge in [-0.15, -0.1) is 0 Å². The van der Waals surface area contributed by atoms with Gasteiger partial charge < -0.3 is 33.0 Å². The van der Waals surface area contributed by atoms with Gasteiger partial charge in [0.15, 0.2) is 24.5 Å². The molecule has 0 saturated carbocycles. The molecule has 6 atom stereocenters. The van der Waals surface area contributed by atoms with Gasteiger partial charge in [0.05, 0.1) is 5.52 Å². The van der Waals surface area contributed by atoms with Crippen LogP contribution in [0.3, 0.4) is 0 Å². The molecule has 2 heterocycles. The van der Waals surface area contributed by atoms with Crippen LogP contribution in [0, 0.1) is 6.92 Å². The van der Waals surface area contributed by atoms with Crippen LogP contribution in [0.25, 0.3) is 10.9 Å². The second kappa shape index (κ2) is 16.0. The first-order chi connectivity index (χ1) is 24.0. The van der Waals surface area contributed by atoms with Crippen molar-refractivity contribution in [2.75, 3.05) is 6.61 Å². The van der Waals surface area contributed by atoms with E-state index in [1.54, 1.807) is 0 Å². The third kappa shape index (κ3) is 8.34. The van der Waals surface area contributed by atoms with Gasteiger partial charge in [-0.3, -0.25) is 19.2 Å². The van der Waals surface area contributed by atoms with Gasteiger partial charge in [0.1, 0.15) is 25.1 Å². The fourth-order valence-electron chi connectivity index (χ4n) is 6.60. The number of aryl methyl sites for hydroxylation is 1. The van der Waals surface area contributed by atoms with Crippen LogP contribution in [0.4, 0.5) is 0 Å². The minimum absolute atomic E-state index is 0.0475. The number of hydrogen-bond acceptors (Lipinski definition) is 10. The summed E-state index contributed by atoms with van der Waals surface area (Å²) < 4.78 is 36.8. The van der Waals surface area contributed by atoms with E-state index in [0.29, 0.717) is 6.61 Å². The number of nitrogens with zero attached hydrogens (tertiary/aromatic N) is 1. The average molecular weight is 686 g/mol. The number of rotatable bonds is 12. The molecule has 4 aromatic rings. The van der Waals surface area contributed by atoms with Crippen molar-refractivity contribution in [2.24, 2.45) is 0 Å². The van der Waals surface area contributed by atoms with Gasteiger partial charge in [-0.05, 0) is 53.8 Å². The van der Waals surface area contributed by atoms with Gasteiger partial charge in [0, 0.05) is 45.2 Å². The predicted molar refractivity (Wildman–Crippen MR) is 183 cm³/mol. The second-order valence-corrected chi connectivity index (χ2v) is 12.4. The van der Waals surface area contributed by atoms with Crippen molar-refractivity contribution < 1.29 is 47.6 Å². The van der Waals surface area contributed by atoms with E-state index < -0.39 is 54.5 Å². The summed E-state index contributed by atoms with van der Waals surface area (Å²) in [6, 6.07) is 23.9. The third-order valence-electron chi connectivity index (χ3n) is 8.65. The highest BCUT2D eigenvalue weighted by Crippen LogP contribution is 2.42. The van der Waals surface area contributed by atoms with E-state index in [4.69, 9.17) is 28.4 Å². The predicted octanol–water partition coefficient (Wildman–Crippen LogP) is 6.33. The van der Waals surface area contributed by atoms with E-state index in [-0.39, 0.29) is 12.5 Å². The van der Waals surface area contributed by atoms with Crippen LogP contribution >= 0.6 is 0 Å². The maximum absolute atomic E-state index is 12.5. The Morgan fingerprint density at radius 3 is 2.02 bits per heavy atom. The molecule has 1 fully saturated rings. The van der Waals surface area contributed by atoms with E-state index >= 15 is 0 Å². The molecule has 1 aliphatic rings. The minimum Gasteiger partial charge on any atom is -0.489 e. The molecule has 0 amide bonds. The molecule has 0 aliphatic carbocycles. The maximum atomic E-state index is 12.5. The van der Waals surface area contributed by atoms with Gasteiger partial charge in [-0.1, -0.05) is 61.5 Å². The molecule has 0 N–H and O–H groups in total. The first-order valence-corrected chi connectivity index (χ1v) is 16.6. The lowest BCUT2D eigenvalue weighted by Crippen LogP contribution is -2.60. The number of carbonyl (C=O) groups is 4. The molecule has 3 aromatic carbocycles. The molecule has 0 bridgehead atoms. The topological polar surface area (TPSA) is 129 Å². The van der Waals surface area contributed by atoms with Gasteiger partial charge >= 0.3 is 23.9 Å². The zero-order valence-corrected chi connectivity index (χ0v) is 29.1. The zero-order valence-electron chi connectivity index (χ0n) is 29.1. The van der Waals surface area contributed by atoms with Crippen molar-refractivity contribution in [3.05, 3.63) is 101 Å². The van der Waals surface area contributed by atoms with Crippen LogP contribution < -0.4 is 4.74 Å². The summed E-state index contributed by atoms with van der Waals surface area (Å²) in [6.45, 7) is 9.16. The van der Waals surface area contributed by atoms with Gasteiger partial charge in [0.2, 0.25) is 0 Å². The quantitative estimate of drug-likeness (QED) is 0.123. The highest BCUT2D eigenvalue weighted by atomic mass is 16.7. The zero-order chi connectivity index (χ0) is 35.9. The Balaban J connectivity index is 1.58. The number of ether oxygens (including phenoxy) is 6. The normalized spacial score (nSPS) is 20.8. The number of carbonyl (C=O) groups excluding carboxylic acids is 4. The largest absolute Gasteiger partial charge is 0.489 e. The Hall–Kier alpha value is -5.16. The number of hydrogen-bond donors (Lipinski definition) is 0. The SMILES string of the molecule is CCC(c1ccc(OCc2ccccc2)cc1)c1cn([C@@H]2O[C@H](COC(C)=O)[C@@H](OC(C)=O)[C@H](OC(C)=O)[C@H]2OC(C)=O)c2cccc(C)c12. The number of aromatic nitrogens is 1. The van der Waals surface area contributed by atoms with E-state index in [1.165, 1.54) is 27.7 Å². The smallest absolute Gasteiger partial charge is 0.303 e. The van der Waals surface area contributed by atoms with Crippen molar-refractivity contribution >= 4 is 34.8 Å². The van der Waals surface area contributed by atoms with Gasteiger partial charge in [-0.25, -0.2) is 0 Å². The summed E-state index contributed by atoms with van der Waals surface area (Å²) in [5.74, 6) is -1.90. The Kier molecular flexibility index (Phi) is 11.6. The summed E-state index contributed by atoms with van der Waals surface area (Å²) in [7, 11) is 0. The molecule has 1 aromatic heterocycles. The molecule has 0 spiro atoms. The summed E-state index contributed by atoms with van der Waals surface area (Å²) in [5.41, 5.74) is 4.95. The monoisotopic (exact) mass is 685 g/mol. The number of benzene rings is 3. The Morgan fingerprint density at radius 2 is 1.40 bits per heavy atom. The number of fused-ring (bicyclic) bond motifs is 1. The molecule has 5 rings (SSSR count). The summed E-state index contributed by atoms with van der Waals surface area (Å²) in [4.78, 5) is 49.1. The van der Waals surface area contributed by atoms with E-state index in [9.17, 15) is 19.2 Å². The molecule has 11 heteroatoms. The maximum Gasteiger partial charge on any atom is 0.303 e. The van der Waals surface area contributed by atoms with E-state index in [1.807, 2.05) is 78.4 Å². The average Bonchev–Trinajstić information content (AvgIpc) is 3.46. The fourth-order valence-corrected chi connectivity index (χ4v) is 6.60. The molecule has 1 saturated heterocycles. The molecule has 1 unspecified atom stereocenters. The third-order valence-corrected chi connectivity index (χ3v) is 8.65. The Morgan fingerprint density at radius 1 is 0.760 bits per heavy atom. The Bertz CT molecular complexity index is 1820. The first-order valence-electron chi connectivity index (χ1n) is 16.6. The van der Waals surface area contributed by atoms with Crippen molar-refractivity contribution in [1.29, 1.82) is 0 Å². The highest BCUT2D eigenvalue weighted by molar-refractivity contribution is 5.88. The molecular weight excluding hydrogens is 642 g/mol. The summed E-state index contributed by atoms with van der Waals surface area (Å²) in [5, 5.41) is 0.983. The van der Waals surface area contributed by atoms with E-state index in [0.717, 1.165) is 45.3 Å². The van der Waals surface area contributed by atoms with Gasteiger partial charge in [-0.2, -0.15) is 0 Å². The van der Waals surface area contributed by atoms with Crippen molar-refractivity contribution in [2.45, 2.75) is 91.1 Å². The number of esters is 4. The second-order valence-electron chi connectivity index (χ2n) is 12.4. The lowest BCUT2D eigenvalue weighted by molar-refractivity contribution is -0.267. The molecule has 264 valence electrons. The van der Waals surface area contributed by atoms with Crippen LogP contribution in [0.15, 0.2) is 79.0 Å². The standard InChI is InChI=1S/C39H43NO10/c1-7-31(29-16-18-30(19-17-29)46-21-28-13-9-8-10-14-28)32-20-40(33-15-11-12-23(2)35(32)33)39-38(49-27(6)44)37(48-26(5)43)36(47-25(4)42)34(50-39)22-45-24(3)41/h8-20,31,34,36-39H,7,21-22H2,1-6H3/t31?,34-,36-,37+,38-,39-/m1/s1. The summed E-state index contributed by atoms with van der Waals surface area (Å²) >= 11 is 0. The highest BCUT2D eigenvalue weighted by Gasteiger charge is 2.53. The van der Waals surface area contributed by atoms with Crippen LogP contribution in [0.5, 0.6) is 5.75 Å². The lowest BCUT2D eigenvalue weighted by Gasteiger charge is -2.44. The van der Waals surface area contributed by atoms with Crippen LogP contribution in [-0.4, -0.2) is 59.5 Å². The van der Waals surface area contributed by atoms with Crippen LogP contribution in [0.2, 0.25) is 0 Å². The lowest BCUT2D eigenvalue weighted by atomic mass is 9.88. The molecule has 50 heavy (non-hydrogen) atoms. The first kappa shape index (κ1) is 36.1. The van der Waals surface area contributed by atoms with Gasteiger partial charge in [0.25, 0.3) is 0 Å². The van der Waals surface area contributed by atoms with E-state index in [2.05, 4.69) is 19.1 Å².